The van der Waals surface area contributed by atoms with Crippen LogP contribution in [0.1, 0.15) is 27.7 Å². The molecule has 0 saturated carbocycles. The van der Waals surface area contributed by atoms with Crippen molar-refractivity contribution < 1.29 is 9.31 Å². The van der Waals surface area contributed by atoms with Crippen LogP contribution in [0, 0.1) is 0 Å². The van der Waals surface area contributed by atoms with Gasteiger partial charge in [-0.2, -0.15) is 0 Å². The normalized spacial score (nSPS) is 21.7. The Morgan fingerprint density at radius 2 is 1.72 bits per heavy atom. The van der Waals surface area contributed by atoms with Crippen molar-refractivity contribution >= 4 is 23.4 Å². The van der Waals surface area contributed by atoms with Gasteiger partial charge in [-0.05, 0) is 27.7 Å². The fourth-order valence-corrected chi connectivity index (χ4v) is 2.16. The average molecular weight is 244 g/mol. The molecule has 18 heavy (non-hydrogen) atoms. The van der Waals surface area contributed by atoms with Crippen molar-refractivity contribution in [2.75, 3.05) is 0 Å². The minimum absolute atomic E-state index is 0.323. The molecule has 0 radical (unpaired) electrons. The van der Waals surface area contributed by atoms with Crippen LogP contribution in [-0.2, 0) is 9.31 Å². The third-order valence-corrected chi connectivity index (χ3v) is 4.02. The van der Waals surface area contributed by atoms with Gasteiger partial charge >= 0.3 is 7.12 Å². The van der Waals surface area contributed by atoms with Crippen LogP contribution in [0.15, 0.2) is 24.8 Å². The third-order valence-electron chi connectivity index (χ3n) is 4.02. The van der Waals surface area contributed by atoms with Gasteiger partial charge in [0.15, 0.2) is 0 Å². The SMILES string of the molecule is CC1(C)OB(c2cncc3c[nH]cc23)OC1(C)C. The van der Waals surface area contributed by atoms with E-state index in [1.54, 1.807) is 0 Å². The molecule has 1 aliphatic rings. The second-order valence-electron chi connectivity index (χ2n) is 5.78. The quantitative estimate of drug-likeness (QED) is 0.779. The molecule has 0 aliphatic carbocycles. The molecule has 0 unspecified atom stereocenters. The summed E-state index contributed by atoms with van der Waals surface area (Å²) in [6.45, 7) is 8.21. The topological polar surface area (TPSA) is 47.1 Å². The fraction of sp³-hybridized carbons (Fsp3) is 0.462. The predicted molar refractivity (Wildman–Crippen MR) is 71.8 cm³/mol. The largest absolute Gasteiger partial charge is 0.497 e. The third kappa shape index (κ3) is 1.58. The van der Waals surface area contributed by atoms with Gasteiger partial charge in [0.2, 0.25) is 0 Å². The van der Waals surface area contributed by atoms with Crippen molar-refractivity contribution in [1.82, 2.24) is 9.97 Å². The number of rotatable bonds is 1. The van der Waals surface area contributed by atoms with E-state index in [-0.39, 0.29) is 18.3 Å². The van der Waals surface area contributed by atoms with Crippen LogP contribution in [0.2, 0.25) is 0 Å². The second-order valence-corrected chi connectivity index (χ2v) is 5.78. The summed E-state index contributed by atoms with van der Waals surface area (Å²) in [6, 6.07) is 0. The number of aromatic nitrogens is 2. The molecular formula is C13H17BN2O2. The van der Waals surface area contributed by atoms with Gasteiger partial charge in [-0.15, -0.1) is 0 Å². The Kier molecular flexibility index (Phi) is 2.34. The first-order chi connectivity index (χ1) is 8.41. The standard InChI is InChI=1S/C13H17BN2O2/c1-12(2)13(3,4)18-14(17-12)11-8-16-6-9-5-15-7-10(9)11/h5-8,15H,1-4H3. The summed E-state index contributed by atoms with van der Waals surface area (Å²) in [5.41, 5.74) is 0.333. The molecule has 0 spiro atoms. The minimum Gasteiger partial charge on any atom is -0.399 e. The number of nitrogens with one attached hydrogen (secondary N) is 1. The van der Waals surface area contributed by atoms with Gasteiger partial charge in [0, 0.05) is 41.0 Å². The van der Waals surface area contributed by atoms with Crippen LogP contribution in [0.5, 0.6) is 0 Å². The Balaban J connectivity index is 2.05. The maximum absolute atomic E-state index is 6.05. The first kappa shape index (κ1) is 11.7. The zero-order valence-corrected chi connectivity index (χ0v) is 11.2. The highest BCUT2D eigenvalue weighted by Crippen LogP contribution is 2.36. The van der Waals surface area contributed by atoms with Crippen LogP contribution in [-0.4, -0.2) is 28.3 Å². The number of fused-ring (bicyclic) bond motifs is 1. The first-order valence-electron chi connectivity index (χ1n) is 6.17. The Hall–Kier alpha value is -1.33. The monoisotopic (exact) mass is 244 g/mol. The summed E-state index contributed by atoms with van der Waals surface area (Å²) in [5, 5.41) is 2.17. The lowest BCUT2D eigenvalue weighted by atomic mass is 9.78. The molecule has 3 rings (SSSR count). The van der Waals surface area contributed by atoms with Crippen molar-refractivity contribution in [3.63, 3.8) is 0 Å². The molecule has 1 N–H and O–H groups in total. The summed E-state index contributed by atoms with van der Waals surface area (Å²) >= 11 is 0. The van der Waals surface area contributed by atoms with E-state index in [1.807, 2.05) is 24.8 Å². The van der Waals surface area contributed by atoms with Crippen LogP contribution >= 0.6 is 0 Å². The molecule has 2 aromatic heterocycles. The zero-order valence-electron chi connectivity index (χ0n) is 11.2. The maximum Gasteiger partial charge on any atom is 0.497 e. The Morgan fingerprint density at radius 1 is 1.06 bits per heavy atom. The molecule has 0 atom stereocenters. The molecule has 0 aromatic carbocycles. The highest BCUT2D eigenvalue weighted by Gasteiger charge is 2.52. The fourth-order valence-electron chi connectivity index (χ4n) is 2.16. The lowest BCUT2D eigenvalue weighted by Crippen LogP contribution is -2.41. The Morgan fingerprint density at radius 3 is 2.39 bits per heavy atom. The van der Waals surface area contributed by atoms with Crippen LogP contribution in [0.25, 0.3) is 10.8 Å². The first-order valence-corrected chi connectivity index (χ1v) is 6.17. The molecule has 4 nitrogen and oxygen atoms in total. The zero-order chi connectivity index (χ0) is 13.0. The number of aromatic amines is 1. The highest BCUT2D eigenvalue weighted by atomic mass is 16.7. The number of hydrogen-bond acceptors (Lipinski definition) is 3. The van der Waals surface area contributed by atoms with Crippen LogP contribution in [0.4, 0.5) is 0 Å². The van der Waals surface area contributed by atoms with Crippen molar-refractivity contribution in [3.8, 4) is 0 Å². The highest BCUT2D eigenvalue weighted by molar-refractivity contribution is 6.65. The van der Waals surface area contributed by atoms with Gasteiger partial charge < -0.3 is 14.3 Å². The van der Waals surface area contributed by atoms with E-state index in [1.165, 1.54) is 0 Å². The van der Waals surface area contributed by atoms with Crippen LogP contribution in [0.3, 0.4) is 0 Å². The summed E-state index contributed by atoms with van der Waals surface area (Å²) in [4.78, 5) is 7.34. The van der Waals surface area contributed by atoms with E-state index in [9.17, 15) is 0 Å². The van der Waals surface area contributed by atoms with E-state index < -0.39 is 0 Å². The van der Waals surface area contributed by atoms with Crippen molar-refractivity contribution in [3.05, 3.63) is 24.8 Å². The summed E-state index contributed by atoms with van der Waals surface area (Å²) in [6.07, 6.45) is 7.54. The van der Waals surface area contributed by atoms with E-state index in [2.05, 4.69) is 37.7 Å². The average Bonchev–Trinajstić information content (AvgIpc) is 2.81. The van der Waals surface area contributed by atoms with E-state index in [4.69, 9.17) is 9.31 Å². The van der Waals surface area contributed by atoms with Gasteiger partial charge in [0.1, 0.15) is 0 Å². The van der Waals surface area contributed by atoms with E-state index >= 15 is 0 Å². The molecule has 0 amide bonds. The van der Waals surface area contributed by atoms with Crippen molar-refractivity contribution in [1.29, 1.82) is 0 Å². The lowest BCUT2D eigenvalue weighted by Gasteiger charge is -2.32. The smallest absolute Gasteiger partial charge is 0.399 e. The molecule has 5 heteroatoms. The molecular weight excluding hydrogens is 227 g/mol. The van der Waals surface area contributed by atoms with Crippen LogP contribution < -0.4 is 5.46 Å². The second kappa shape index (κ2) is 3.59. The lowest BCUT2D eigenvalue weighted by molar-refractivity contribution is 0.00578. The Labute approximate surface area is 107 Å². The Bertz CT molecular complexity index is 575. The van der Waals surface area contributed by atoms with E-state index in [0.29, 0.717) is 0 Å². The van der Waals surface area contributed by atoms with Gasteiger partial charge in [-0.25, -0.2) is 0 Å². The van der Waals surface area contributed by atoms with Gasteiger partial charge in [0.25, 0.3) is 0 Å². The number of pyridine rings is 1. The molecule has 1 fully saturated rings. The molecule has 1 saturated heterocycles. The van der Waals surface area contributed by atoms with E-state index in [0.717, 1.165) is 16.2 Å². The number of hydrogen-bond donors (Lipinski definition) is 1. The van der Waals surface area contributed by atoms with Crippen molar-refractivity contribution in [2.45, 2.75) is 38.9 Å². The minimum atomic E-state index is -0.359. The van der Waals surface area contributed by atoms with Gasteiger partial charge in [-0.3, -0.25) is 4.98 Å². The van der Waals surface area contributed by atoms with Gasteiger partial charge in [0.05, 0.1) is 11.2 Å². The molecule has 3 heterocycles. The summed E-state index contributed by atoms with van der Waals surface area (Å²) in [5.74, 6) is 0. The van der Waals surface area contributed by atoms with Gasteiger partial charge in [-0.1, -0.05) is 0 Å². The maximum atomic E-state index is 6.05. The molecule has 94 valence electrons. The molecule has 0 bridgehead atoms. The number of H-pyrrole nitrogens is 1. The molecule has 1 aliphatic heterocycles. The summed E-state index contributed by atoms with van der Waals surface area (Å²) in [7, 11) is -0.359. The predicted octanol–water partition coefficient (Wildman–Crippen LogP) is 1.86. The molecule has 2 aromatic rings. The summed E-state index contributed by atoms with van der Waals surface area (Å²) < 4.78 is 12.1. The number of nitrogens with zero attached hydrogens (tertiary/aromatic N) is 1. The van der Waals surface area contributed by atoms with Crippen molar-refractivity contribution in [2.24, 2.45) is 0 Å².